The zero-order chi connectivity index (χ0) is 11.9. The molecule has 6 heteroatoms. The van der Waals surface area contributed by atoms with Crippen LogP contribution in [0.25, 0.3) is 0 Å². The van der Waals surface area contributed by atoms with Crippen LogP contribution in [0.3, 0.4) is 0 Å². The number of hydrogen-bond acceptors (Lipinski definition) is 5. The summed E-state index contributed by atoms with van der Waals surface area (Å²) in [5, 5.41) is 23.6. The summed E-state index contributed by atoms with van der Waals surface area (Å²) < 4.78 is 5.14. The van der Waals surface area contributed by atoms with Gasteiger partial charge in [-0.15, -0.1) is 0 Å². The van der Waals surface area contributed by atoms with Crippen LogP contribution in [0.1, 0.15) is 12.8 Å². The number of carbonyl (C=O) groups excluding carboxylic acids is 1. The van der Waals surface area contributed by atoms with E-state index in [0.29, 0.717) is 32.6 Å². The quantitative estimate of drug-likeness (QED) is 0.511. The molecule has 6 nitrogen and oxygen atoms in total. The second-order valence-corrected chi connectivity index (χ2v) is 3.88. The molecule has 0 unspecified atom stereocenters. The van der Waals surface area contributed by atoms with E-state index in [0.717, 1.165) is 0 Å². The van der Waals surface area contributed by atoms with E-state index in [-0.39, 0.29) is 19.0 Å². The summed E-state index contributed by atoms with van der Waals surface area (Å²) in [5.74, 6) is -0.239. The smallest absolute Gasteiger partial charge is 0.234 e. The number of nitrogens with one attached hydrogen (secondary N) is 2. The van der Waals surface area contributed by atoms with Crippen molar-refractivity contribution in [2.45, 2.75) is 18.4 Å². The van der Waals surface area contributed by atoms with Crippen LogP contribution in [0.4, 0.5) is 0 Å². The van der Waals surface area contributed by atoms with Crippen LogP contribution in [0.15, 0.2) is 0 Å². The van der Waals surface area contributed by atoms with Gasteiger partial charge in [0.1, 0.15) is 6.54 Å². The summed E-state index contributed by atoms with van der Waals surface area (Å²) in [4.78, 5) is 11.1. The number of carbonyl (C=O) groups is 1. The molecular formula is C10H17N3O3. The highest BCUT2D eigenvalue weighted by Gasteiger charge is 2.29. The van der Waals surface area contributed by atoms with Crippen molar-refractivity contribution in [2.75, 3.05) is 32.8 Å². The van der Waals surface area contributed by atoms with Crippen LogP contribution in [0.2, 0.25) is 0 Å². The number of hydrogen-bond donors (Lipinski definition) is 3. The Morgan fingerprint density at radius 3 is 2.81 bits per heavy atom. The SMILES string of the molecule is N#CCNC(=O)CNCC1(O)CCOCC1. The topological polar surface area (TPSA) is 94.4 Å². The highest BCUT2D eigenvalue weighted by molar-refractivity contribution is 5.78. The van der Waals surface area contributed by atoms with E-state index in [2.05, 4.69) is 10.6 Å². The Balaban J connectivity index is 2.14. The summed E-state index contributed by atoms with van der Waals surface area (Å²) in [6.07, 6.45) is 1.17. The van der Waals surface area contributed by atoms with E-state index < -0.39 is 5.60 Å². The lowest BCUT2D eigenvalue weighted by molar-refractivity contribution is -0.120. The van der Waals surface area contributed by atoms with Crippen LogP contribution >= 0.6 is 0 Å². The van der Waals surface area contributed by atoms with Gasteiger partial charge in [-0.3, -0.25) is 4.79 Å². The van der Waals surface area contributed by atoms with Crippen molar-refractivity contribution in [1.82, 2.24) is 10.6 Å². The molecule has 0 bridgehead atoms. The fraction of sp³-hybridized carbons (Fsp3) is 0.800. The van der Waals surface area contributed by atoms with Gasteiger partial charge >= 0.3 is 0 Å². The monoisotopic (exact) mass is 227 g/mol. The lowest BCUT2D eigenvalue weighted by atomic mass is 9.94. The van der Waals surface area contributed by atoms with E-state index in [9.17, 15) is 9.90 Å². The first kappa shape index (κ1) is 12.9. The van der Waals surface area contributed by atoms with Crippen molar-refractivity contribution >= 4 is 5.91 Å². The van der Waals surface area contributed by atoms with Gasteiger partial charge in [0.05, 0.1) is 18.2 Å². The van der Waals surface area contributed by atoms with Crippen LogP contribution in [-0.4, -0.2) is 49.5 Å². The summed E-state index contributed by atoms with van der Waals surface area (Å²) in [6, 6.07) is 1.82. The first-order valence-electron chi connectivity index (χ1n) is 5.31. The average Bonchev–Trinajstić information content (AvgIpc) is 2.27. The van der Waals surface area contributed by atoms with Crippen LogP contribution in [0, 0.1) is 11.3 Å². The van der Waals surface area contributed by atoms with Crippen LogP contribution in [0.5, 0.6) is 0 Å². The van der Waals surface area contributed by atoms with E-state index in [1.54, 1.807) is 0 Å². The average molecular weight is 227 g/mol. The summed E-state index contributed by atoms with van der Waals surface area (Å²) in [5.41, 5.74) is -0.770. The molecule has 1 saturated heterocycles. The Bertz CT molecular complexity index is 269. The molecule has 1 heterocycles. The second kappa shape index (κ2) is 6.43. The van der Waals surface area contributed by atoms with Gasteiger partial charge in [-0.25, -0.2) is 0 Å². The number of ether oxygens (including phenoxy) is 1. The third-order valence-electron chi connectivity index (χ3n) is 2.53. The fourth-order valence-electron chi connectivity index (χ4n) is 1.54. The van der Waals surface area contributed by atoms with Gasteiger partial charge in [-0.2, -0.15) is 5.26 Å². The first-order chi connectivity index (χ1) is 7.66. The van der Waals surface area contributed by atoms with Gasteiger partial charge < -0.3 is 20.5 Å². The zero-order valence-corrected chi connectivity index (χ0v) is 9.16. The van der Waals surface area contributed by atoms with Gasteiger partial charge in [0.15, 0.2) is 0 Å². The molecule has 0 atom stereocenters. The lowest BCUT2D eigenvalue weighted by Gasteiger charge is -2.32. The molecule has 1 rings (SSSR count). The summed E-state index contributed by atoms with van der Waals surface area (Å²) in [7, 11) is 0. The second-order valence-electron chi connectivity index (χ2n) is 3.88. The number of aliphatic hydroxyl groups is 1. The molecule has 16 heavy (non-hydrogen) atoms. The minimum Gasteiger partial charge on any atom is -0.388 e. The third kappa shape index (κ3) is 4.57. The number of rotatable bonds is 5. The molecule has 0 radical (unpaired) electrons. The Morgan fingerprint density at radius 2 is 2.19 bits per heavy atom. The maximum Gasteiger partial charge on any atom is 0.234 e. The molecule has 3 N–H and O–H groups in total. The first-order valence-corrected chi connectivity index (χ1v) is 5.31. The highest BCUT2D eigenvalue weighted by atomic mass is 16.5. The standard InChI is InChI=1S/C10H17N3O3/c11-3-4-13-9(14)7-12-8-10(15)1-5-16-6-2-10/h12,15H,1-2,4-8H2,(H,13,14). The molecule has 1 aliphatic heterocycles. The maximum absolute atomic E-state index is 11.1. The minimum atomic E-state index is -0.770. The lowest BCUT2D eigenvalue weighted by Crippen LogP contribution is -2.47. The molecule has 1 amide bonds. The minimum absolute atomic E-state index is 0.0125. The molecule has 0 aromatic heterocycles. The molecule has 1 aliphatic rings. The van der Waals surface area contributed by atoms with Crippen LogP contribution < -0.4 is 10.6 Å². The Labute approximate surface area is 94.6 Å². The van der Waals surface area contributed by atoms with Crippen LogP contribution in [-0.2, 0) is 9.53 Å². The van der Waals surface area contributed by atoms with Gasteiger partial charge in [0.2, 0.25) is 5.91 Å². The number of nitriles is 1. The summed E-state index contributed by atoms with van der Waals surface area (Å²) >= 11 is 0. The van der Waals surface area contributed by atoms with Gasteiger partial charge in [-0.1, -0.05) is 0 Å². The fourth-order valence-corrected chi connectivity index (χ4v) is 1.54. The largest absolute Gasteiger partial charge is 0.388 e. The van der Waals surface area contributed by atoms with E-state index in [1.807, 2.05) is 6.07 Å². The van der Waals surface area contributed by atoms with Crippen molar-refractivity contribution in [2.24, 2.45) is 0 Å². The molecule has 0 aromatic carbocycles. The van der Waals surface area contributed by atoms with Gasteiger partial charge in [-0.05, 0) is 0 Å². The van der Waals surface area contributed by atoms with Crippen molar-refractivity contribution in [3.63, 3.8) is 0 Å². The Morgan fingerprint density at radius 1 is 1.50 bits per heavy atom. The van der Waals surface area contributed by atoms with Crippen molar-refractivity contribution in [1.29, 1.82) is 5.26 Å². The predicted molar refractivity (Wildman–Crippen MR) is 56.5 cm³/mol. The molecule has 90 valence electrons. The van der Waals surface area contributed by atoms with Gasteiger partial charge in [0, 0.05) is 32.6 Å². The van der Waals surface area contributed by atoms with E-state index in [4.69, 9.17) is 10.00 Å². The van der Waals surface area contributed by atoms with Crippen molar-refractivity contribution in [3.05, 3.63) is 0 Å². The number of nitrogens with zero attached hydrogens (tertiary/aromatic N) is 1. The van der Waals surface area contributed by atoms with Crippen molar-refractivity contribution < 1.29 is 14.6 Å². The normalized spacial score (nSPS) is 18.8. The Hall–Kier alpha value is -1.16. The molecule has 1 fully saturated rings. The van der Waals surface area contributed by atoms with Crippen molar-refractivity contribution in [3.8, 4) is 6.07 Å². The maximum atomic E-state index is 11.1. The molecule has 0 saturated carbocycles. The summed E-state index contributed by atoms with van der Waals surface area (Å²) in [6.45, 7) is 1.61. The predicted octanol–water partition coefficient (Wildman–Crippen LogP) is -1.24. The number of amides is 1. The highest BCUT2D eigenvalue weighted by Crippen LogP contribution is 2.18. The van der Waals surface area contributed by atoms with E-state index >= 15 is 0 Å². The molecule has 0 spiro atoms. The molecule has 0 aliphatic carbocycles. The molecule has 0 aromatic rings. The molecular weight excluding hydrogens is 210 g/mol. The third-order valence-corrected chi connectivity index (χ3v) is 2.53. The Kier molecular flexibility index (Phi) is 5.19. The van der Waals surface area contributed by atoms with Gasteiger partial charge in [0.25, 0.3) is 0 Å². The zero-order valence-electron chi connectivity index (χ0n) is 9.16. The van der Waals surface area contributed by atoms with E-state index in [1.165, 1.54) is 0 Å².